The molecule has 0 unspecified atom stereocenters. The van der Waals surface area contributed by atoms with Crippen molar-refractivity contribution in [2.24, 2.45) is 7.05 Å². The molecule has 2 heterocycles. The summed E-state index contributed by atoms with van der Waals surface area (Å²) < 4.78 is 3.48. The molecular weight excluding hydrogens is 254 g/mol. The molecule has 0 spiro atoms. The summed E-state index contributed by atoms with van der Waals surface area (Å²) in [7, 11) is 1.80. The maximum absolute atomic E-state index is 12.2. The maximum atomic E-state index is 12.2. The van der Waals surface area contributed by atoms with Gasteiger partial charge in [-0.3, -0.25) is 9.48 Å². The first-order valence-corrected chi connectivity index (χ1v) is 6.11. The van der Waals surface area contributed by atoms with E-state index >= 15 is 0 Å². The highest BCUT2D eigenvalue weighted by molar-refractivity contribution is 6.04. The van der Waals surface area contributed by atoms with Gasteiger partial charge in [-0.1, -0.05) is 6.07 Å². The van der Waals surface area contributed by atoms with Gasteiger partial charge in [0.2, 0.25) is 0 Å². The van der Waals surface area contributed by atoms with Gasteiger partial charge in [-0.05, 0) is 18.2 Å². The van der Waals surface area contributed by atoms with Crippen LogP contribution in [0.3, 0.4) is 0 Å². The first kappa shape index (κ1) is 12.2. The number of carbonyl (C=O) groups is 1. The van der Waals surface area contributed by atoms with Gasteiger partial charge in [0.1, 0.15) is 0 Å². The zero-order valence-electron chi connectivity index (χ0n) is 10.9. The quantitative estimate of drug-likeness (QED) is 0.787. The van der Waals surface area contributed by atoms with Crippen molar-refractivity contribution < 1.29 is 4.79 Å². The maximum Gasteiger partial charge on any atom is 0.255 e. The molecule has 3 aromatic rings. The Morgan fingerprint density at radius 2 is 2.25 bits per heavy atom. The second-order valence-corrected chi connectivity index (χ2v) is 4.38. The van der Waals surface area contributed by atoms with Crippen LogP contribution < -0.4 is 5.32 Å². The van der Waals surface area contributed by atoms with Crippen molar-refractivity contribution in [3.63, 3.8) is 0 Å². The Morgan fingerprint density at radius 1 is 1.35 bits per heavy atom. The molecule has 6 heteroatoms. The second-order valence-electron chi connectivity index (χ2n) is 4.38. The molecule has 0 saturated carbocycles. The number of aromatic nitrogens is 4. The number of aryl methyl sites for hydroxylation is 1. The van der Waals surface area contributed by atoms with E-state index in [9.17, 15) is 4.79 Å². The fourth-order valence-electron chi connectivity index (χ4n) is 1.91. The first-order valence-electron chi connectivity index (χ1n) is 6.11. The number of rotatable bonds is 3. The fourth-order valence-corrected chi connectivity index (χ4v) is 1.91. The number of imidazole rings is 1. The zero-order valence-corrected chi connectivity index (χ0v) is 10.9. The highest BCUT2D eigenvalue weighted by Crippen LogP contribution is 2.12. The SMILES string of the molecule is Cn1cc(NC(=O)c2cccc(-n3ccnc3)c2)cn1. The number of hydrogen-bond donors (Lipinski definition) is 1. The number of hydrogen-bond acceptors (Lipinski definition) is 3. The monoisotopic (exact) mass is 267 g/mol. The number of nitrogens with zero attached hydrogens (tertiary/aromatic N) is 4. The van der Waals surface area contributed by atoms with Crippen LogP contribution in [0.5, 0.6) is 0 Å². The van der Waals surface area contributed by atoms with Crippen LogP contribution in [0.1, 0.15) is 10.4 Å². The predicted molar refractivity (Wildman–Crippen MR) is 74.7 cm³/mol. The molecular formula is C14H13N5O. The first-order chi connectivity index (χ1) is 9.72. The van der Waals surface area contributed by atoms with Gasteiger partial charge in [-0.2, -0.15) is 5.10 Å². The fraction of sp³-hybridized carbons (Fsp3) is 0.0714. The Balaban J connectivity index is 1.83. The Morgan fingerprint density at radius 3 is 2.95 bits per heavy atom. The highest BCUT2D eigenvalue weighted by Gasteiger charge is 2.08. The molecule has 1 N–H and O–H groups in total. The number of benzene rings is 1. The highest BCUT2D eigenvalue weighted by atomic mass is 16.1. The third-order valence-electron chi connectivity index (χ3n) is 2.87. The molecule has 0 aliphatic rings. The summed E-state index contributed by atoms with van der Waals surface area (Å²) >= 11 is 0. The lowest BCUT2D eigenvalue weighted by atomic mass is 10.2. The summed E-state index contributed by atoms with van der Waals surface area (Å²) in [4.78, 5) is 16.2. The van der Waals surface area contributed by atoms with E-state index in [-0.39, 0.29) is 5.91 Å². The van der Waals surface area contributed by atoms with Crippen LogP contribution in [0.4, 0.5) is 5.69 Å². The van der Waals surface area contributed by atoms with Crippen molar-refractivity contribution in [1.29, 1.82) is 0 Å². The van der Waals surface area contributed by atoms with Gasteiger partial charge in [0, 0.05) is 36.9 Å². The van der Waals surface area contributed by atoms with Crippen LogP contribution in [0.2, 0.25) is 0 Å². The lowest BCUT2D eigenvalue weighted by molar-refractivity contribution is 0.102. The van der Waals surface area contributed by atoms with Crippen LogP contribution in [-0.2, 0) is 7.05 Å². The molecule has 0 bridgehead atoms. The van der Waals surface area contributed by atoms with E-state index in [0.717, 1.165) is 5.69 Å². The van der Waals surface area contributed by atoms with Gasteiger partial charge in [-0.15, -0.1) is 0 Å². The average molecular weight is 267 g/mol. The van der Waals surface area contributed by atoms with Crippen molar-refractivity contribution in [3.05, 3.63) is 60.9 Å². The number of amides is 1. The van der Waals surface area contributed by atoms with Crippen molar-refractivity contribution in [1.82, 2.24) is 19.3 Å². The van der Waals surface area contributed by atoms with Gasteiger partial charge in [0.05, 0.1) is 18.2 Å². The van der Waals surface area contributed by atoms with Crippen LogP contribution in [-0.4, -0.2) is 25.2 Å². The summed E-state index contributed by atoms with van der Waals surface area (Å²) in [5.41, 5.74) is 2.15. The smallest absolute Gasteiger partial charge is 0.255 e. The molecule has 0 radical (unpaired) electrons. The van der Waals surface area contributed by atoms with Gasteiger partial charge in [-0.25, -0.2) is 4.98 Å². The molecule has 100 valence electrons. The van der Waals surface area contributed by atoms with E-state index in [0.29, 0.717) is 11.3 Å². The van der Waals surface area contributed by atoms with Gasteiger partial charge < -0.3 is 9.88 Å². The molecule has 6 nitrogen and oxygen atoms in total. The third kappa shape index (κ3) is 2.44. The Labute approximate surface area is 115 Å². The van der Waals surface area contributed by atoms with E-state index < -0.39 is 0 Å². The Bertz CT molecular complexity index is 730. The number of anilines is 1. The molecule has 0 fully saturated rings. The molecule has 3 rings (SSSR count). The van der Waals surface area contributed by atoms with Crippen LogP contribution in [0.15, 0.2) is 55.4 Å². The number of carbonyl (C=O) groups excluding carboxylic acids is 1. The van der Waals surface area contributed by atoms with E-state index in [1.807, 2.05) is 29.0 Å². The molecule has 1 aromatic carbocycles. The molecule has 0 saturated heterocycles. The van der Waals surface area contributed by atoms with Gasteiger partial charge in [0.15, 0.2) is 0 Å². The zero-order chi connectivity index (χ0) is 13.9. The Kier molecular flexibility index (Phi) is 3.04. The second kappa shape index (κ2) is 5.00. The summed E-state index contributed by atoms with van der Waals surface area (Å²) in [6.45, 7) is 0. The molecule has 1 amide bonds. The predicted octanol–water partition coefficient (Wildman–Crippen LogP) is 1.86. The van der Waals surface area contributed by atoms with Crippen LogP contribution in [0.25, 0.3) is 5.69 Å². The summed E-state index contributed by atoms with van der Waals surface area (Å²) in [6.07, 6.45) is 8.58. The minimum atomic E-state index is -0.167. The summed E-state index contributed by atoms with van der Waals surface area (Å²) in [5.74, 6) is -0.167. The van der Waals surface area contributed by atoms with E-state index in [4.69, 9.17) is 0 Å². The van der Waals surface area contributed by atoms with Gasteiger partial charge in [0.25, 0.3) is 5.91 Å². The van der Waals surface area contributed by atoms with E-state index in [2.05, 4.69) is 15.4 Å². The van der Waals surface area contributed by atoms with Gasteiger partial charge >= 0.3 is 0 Å². The normalized spacial score (nSPS) is 10.4. The third-order valence-corrected chi connectivity index (χ3v) is 2.87. The lowest BCUT2D eigenvalue weighted by Crippen LogP contribution is -2.11. The molecule has 2 aromatic heterocycles. The van der Waals surface area contributed by atoms with Crippen LogP contribution in [0, 0.1) is 0 Å². The summed E-state index contributed by atoms with van der Waals surface area (Å²) in [6, 6.07) is 7.34. The van der Waals surface area contributed by atoms with Crippen molar-refractivity contribution in [3.8, 4) is 5.69 Å². The lowest BCUT2D eigenvalue weighted by Gasteiger charge is -2.06. The van der Waals surface area contributed by atoms with Crippen LogP contribution >= 0.6 is 0 Å². The topological polar surface area (TPSA) is 64.7 Å². The molecule has 0 atom stereocenters. The largest absolute Gasteiger partial charge is 0.319 e. The minimum Gasteiger partial charge on any atom is -0.319 e. The van der Waals surface area contributed by atoms with Crippen molar-refractivity contribution >= 4 is 11.6 Å². The Hall–Kier alpha value is -2.89. The molecule has 0 aliphatic carbocycles. The minimum absolute atomic E-state index is 0.167. The molecule has 20 heavy (non-hydrogen) atoms. The van der Waals surface area contributed by atoms with E-state index in [1.165, 1.54) is 0 Å². The summed E-state index contributed by atoms with van der Waals surface area (Å²) in [5, 5.41) is 6.82. The van der Waals surface area contributed by atoms with Crippen molar-refractivity contribution in [2.45, 2.75) is 0 Å². The van der Waals surface area contributed by atoms with E-state index in [1.54, 1.807) is 42.7 Å². The average Bonchev–Trinajstić information content (AvgIpc) is 3.11. The van der Waals surface area contributed by atoms with Crippen molar-refractivity contribution in [2.75, 3.05) is 5.32 Å². The number of nitrogens with one attached hydrogen (secondary N) is 1. The molecule has 0 aliphatic heterocycles. The standard InChI is InChI=1S/C14H13N5O/c1-18-9-12(8-16-18)17-14(20)11-3-2-4-13(7-11)19-6-5-15-10-19/h2-10H,1H3,(H,17,20).